The molecular weight excluding hydrogens is 216 g/mol. The Morgan fingerprint density at radius 1 is 1.53 bits per heavy atom. The van der Waals surface area contributed by atoms with Crippen LogP contribution in [-0.4, -0.2) is 18.5 Å². The molecule has 0 saturated carbocycles. The summed E-state index contributed by atoms with van der Waals surface area (Å²) in [6, 6.07) is 3.72. The van der Waals surface area contributed by atoms with E-state index in [2.05, 4.69) is 6.92 Å². The lowest BCUT2D eigenvalue weighted by Crippen LogP contribution is -2.42. The maximum Gasteiger partial charge on any atom is 0.161 e. The van der Waals surface area contributed by atoms with Crippen molar-refractivity contribution in [3.8, 4) is 12.1 Å². The van der Waals surface area contributed by atoms with Gasteiger partial charge in [-0.05, 0) is 32.8 Å². The lowest BCUT2D eigenvalue weighted by Gasteiger charge is -2.39. The molecule has 0 unspecified atom stereocenters. The molecule has 1 saturated heterocycles. The third-order valence-corrected chi connectivity index (χ3v) is 2.97. The van der Waals surface area contributed by atoms with E-state index in [0.717, 1.165) is 12.8 Å². The molecule has 1 aliphatic heterocycles. The highest BCUT2D eigenvalue weighted by molar-refractivity contribution is 5.37. The van der Waals surface area contributed by atoms with Crippen molar-refractivity contribution in [2.24, 2.45) is 5.92 Å². The summed E-state index contributed by atoms with van der Waals surface area (Å²) in [5.74, 6) is 0.337. The monoisotopic (exact) mass is 234 g/mol. The second-order valence-electron chi connectivity index (χ2n) is 4.55. The van der Waals surface area contributed by atoms with Crippen molar-refractivity contribution in [2.75, 3.05) is 6.61 Å². The Hall–Kier alpha value is -1.36. The zero-order valence-corrected chi connectivity index (χ0v) is 10.6. The highest BCUT2D eigenvalue weighted by Crippen LogP contribution is 2.34. The van der Waals surface area contributed by atoms with E-state index in [4.69, 9.17) is 20.0 Å². The first-order valence-corrected chi connectivity index (χ1v) is 5.87. The molecule has 0 spiro atoms. The van der Waals surface area contributed by atoms with Gasteiger partial charge in [0.1, 0.15) is 17.7 Å². The van der Waals surface area contributed by atoms with Crippen molar-refractivity contribution in [1.82, 2.24) is 0 Å². The van der Waals surface area contributed by atoms with Crippen molar-refractivity contribution in [2.45, 2.75) is 45.5 Å². The normalized spacial score (nSPS) is 32.3. The predicted molar refractivity (Wildman–Crippen MR) is 62.6 cm³/mol. The third-order valence-electron chi connectivity index (χ3n) is 2.97. The Balaban J connectivity index is 2.82. The summed E-state index contributed by atoms with van der Waals surface area (Å²) >= 11 is 0. The summed E-state index contributed by atoms with van der Waals surface area (Å²) in [6.45, 7) is 6.49. The smallest absolute Gasteiger partial charge is 0.161 e. The molecule has 4 heteroatoms. The van der Waals surface area contributed by atoms with Gasteiger partial charge in [-0.25, -0.2) is 0 Å². The van der Waals surface area contributed by atoms with E-state index >= 15 is 0 Å². The van der Waals surface area contributed by atoms with Gasteiger partial charge >= 0.3 is 0 Å². The molecular formula is C13H18N2O2. The van der Waals surface area contributed by atoms with Crippen LogP contribution in [0.4, 0.5) is 0 Å². The van der Waals surface area contributed by atoms with Gasteiger partial charge in [0, 0.05) is 12.5 Å². The molecule has 1 fully saturated rings. The molecule has 0 bridgehead atoms. The van der Waals surface area contributed by atoms with E-state index in [1.54, 1.807) is 6.08 Å². The van der Waals surface area contributed by atoms with E-state index in [1.807, 2.05) is 26.0 Å². The maximum atomic E-state index is 8.76. The molecule has 17 heavy (non-hydrogen) atoms. The zero-order valence-electron chi connectivity index (χ0n) is 10.6. The van der Waals surface area contributed by atoms with Gasteiger partial charge < -0.3 is 9.47 Å². The van der Waals surface area contributed by atoms with Gasteiger partial charge in [-0.3, -0.25) is 0 Å². The molecule has 0 aromatic rings. The number of nitriles is 2. The lowest BCUT2D eigenvalue weighted by atomic mass is 9.88. The van der Waals surface area contributed by atoms with Crippen LogP contribution in [0.3, 0.4) is 0 Å². The fraction of sp³-hybridized carbons (Fsp3) is 0.692. The van der Waals surface area contributed by atoms with Crippen LogP contribution in [0.2, 0.25) is 0 Å². The topological polar surface area (TPSA) is 66.0 Å². The molecule has 0 amide bonds. The Morgan fingerprint density at radius 2 is 2.18 bits per heavy atom. The van der Waals surface area contributed by atoms with Crippen molar-refractivity contribution >= 4 is 0 Å². The van der Waals surface area contributed by atoms with Gasteiger partial charge in [-0.15, -0.1) is 0 Å². The minimum absolute atomic E-state index is 0.0947. The van der Waals surface area contributed by atoms with Crippen molar-refractivity contribution < 1.29 is 9.47 Å². The highest BCUT2D eigenvalue weighted by Gasteiger charge is 2.36. The van der Waals surface area contributed by atoms with Crippen molar-refractivity contribution in [3.63, 3.8) is 0 Å². The Labute approximate surface area is 102 Å². The molecule has 0 aliphatic carbocycles. The van der Waals surface area contributed by atoms with Crippen LogP contribution in [-0.2, 0) is 9.47 Å². The third kappa shape index (κ3) is 3.56. The first kappa shape index (κ1) is 13.7. The molecule has 1 rings (SSSR count). The van der Waals surface area contributed by atoms with E-state index in [1.165, 1.54) is 0 Å². The second kappa shape index (κ2) is 5.82. The summed E-state index contributed by atoms with van der Waals surface area (Å²) in [7, 11) is 0. The second-order valence-corrected chi connectivity index (χ2v) is 4.55. The summed E-state index contributed by atoms with van der Waals surface area (Å²) in [6.07, 6.45) is 3.10. The van der Waals surface area contributed by atoms with E-state index in [-0.39, 0.29) is 11.9 Å². The van der Waals surface area contributed by atoms with Gasteiger partial charge in [0.2, 0.25) is 0 Å². The molecule has 0 aromatic carbocycles. The fourth-order valence-electron chi connectivity index (χ4n) is 1.95. The van der Waals surface area contributed by atoms with Crippen LogP contribution < -0.4 is 0 Å². The van der Waals surface area contributed by atoms with Crippen LogP contribution in [0.25, 0.3) is 0 Å². The minimum atomic E-state index is -0.576. The maximum absolute atomic E-state index is 8.76. The zero-order chi connectivity index (χ0) is 12.9. The Morgan fingerprint density at radius 3 is 2.71 bits per heavy atom. The number of allylic oxidation sites excluding steroid dienone is 1. The number of hydrogen-bond donors (Lipinski definition) is 0. The Kier molecular flexibility index (Phi) is 4.69. The van der Waals surface area contributed by atoms with Crippen LogP contribution >= 0.6 is 0 Å². The van der Waals surface area contributed by atoms with Crippen molar-refractivity contribution in [1.29, 1.82) is 10.5 Å². The number of rotatable bonds is 3. The first-order valence-electron chi connectivity index (χ1n) is 5.87. The highest BCUT2D eigenvalue weighted by atomic mass is 16.7. The largest absolute Gasteiger partial charge is 0.353 e. The predicted octanol–water partition coefficient (Wildman–Crippen LogP) is 2.53. The fourth-order valence-corrected chi connectivity index (χ4v) is 1.95. The molecule has 92 valence electrons. The van der Waals surface area contributed by atoms with Crippen LogP contribution in [0.1, 0.15) is 33.6 Å². The average molecular weight is 234 g/mol. The first-order chi connectivity index (χ1) is 8.04. The van der Waals surface area contributed by atoms with E-state index in [0.29, 0.717) is 12.5 Å². The van der Waals surface area contributed by atoms with Crippen LogP contribution in [0.5, 0.6) is 0 Å². The molecule has 4 nitrogen and oxygen atoms in total. The number of ether oxygens (including phenoxy) is 2. The summed E-state index contributed by atoms with van der Waals surface area (Å²) < 4.78 is 11.4. The van der Waals surface area contributed by atoms with Crippen LogP contribution in [0.15, 0.2) is 11.6 Å². The van der Waals surface area contributed by atoms with Gasteiger partial charge in [0.25, 0.3) is 0 Å². The van der Waals surface area contributed by atoms with Crippen molar-refractivity contribution in [3.05, 3.63) is 11.6 Å². The summed E-state index contributed by atoms with van der Waals surface area (Å²) in [5, 5.41) is 17.5. The molecule has 0 radical (unpaired) electrons. The molecule has 3 atom stereocenters. The summed E-state index contributed by atoms with van der Waals surface area (Å²) in [5.41, 5.74) is -0.482. The van der Waals surface area contributed by atoms with Gasteiger partial charge in [0.05, 0.1) is 5.60 Å². The quantitative estimate of drug-likeness (QED) is 0.704. The summed E-state index contributed by atoms with van der Waals surface area (Å²) in [4.78, 5) is 0. The standard InChI is InChI=1S/C13H18N2O2/c1-4-16-12-10(2)5-6-13(3,17-12)7-11(8-14)9-15/h7,10,12H,4-6H2,1-3H3/t10-,12+,13+/m1/s1. The Bertz CT molecular complexity index is 362. The van der Waals surface area contributed by atoms with Gasteiger partial charge in [-0.2, -0.15) is 10.5 Å². The van der Waals surface area contributed by atoms with E-state index < -0.39 is 5.60 Å². The molecule has 1 aliphatic rings. The number of nitrogens with zero attached hydrogens (tertiary/aromatic N) is 2. The minimum Gasteiger partial charge on any atom is -0.353 e. The molecule has 0 N–H and O–H groups in total. The SMILES string of the molecule is CCO[C@H]1O[C@](C)(C=C(C#N)C#N)CC[C@H]1C. The van der Waals surface area contributed by atoms with Gasteiger partial charge in [0.15, 0.2) is 6.29 Å². The van der Waals surface area contributed by atoms with E-state index in [9.17, 15) is 0 Å². The van der Waals surface area contributed by atoms with Gasteiger partial charge in [-0.1, -0.05) is 6.92 Å². The lowest BCUT2D eigenvalue weighted by molar-refractivity contribution is -0.236. The van der Waals surface area contributed by atoms with Crippen LogP contribution in [0, 0.1) is 28.6 Å². The molecule has 0 aromatic heterocycles. The average Bonchev–Trinajstić information content (AvgIpc) is 2.32. The molecule has 1 heterocycles. The number of hydrogen-bond acceptors (Lipinski definition) is 4.